The quantitative estimate of drug-likeness (QED) is 0.666. The Balaban J connectivity index is 2.27. The molecule has 20 heavy (non-hydrogen) atoms. The van der Waals surface area contributed by atoms with Crippen molar-refractivity contribution < 1.29 is 9.31 Å². The number of aromatic nitrogens is 2. The van der Waals surface area contributed by atoms with Gasteiger partial charge in [-0.05, 0) is 0 Å². The molecule has 0 aliphatic heterocycles. The lowest BCUT2D eigenvalue weighted by molar-refractivity contribution is -0.384. The van der Waals surface area contributed by atoms with Crippen molar-refractivity contribution in [3.05, 3.63) is 44.8 Å². The van der Waals surface area contributed by atoms with Crippen LogP contribution in [0.5, 0.6) is 0 Å². The van der Waals surface area contributed by atoms with Crippen molar-refractivity contribution in [3.8, 4) is 0 Å². The molecule has 7 nitrogen and oxygen atoms in total. The number of nitrogens with two attached hydrogens (primary N) is 1. The number of nitro benzene ring substituents is 1. The first-order valence-corrected chi connectivity index (χ1v) is 5.91. The van der Waals surface area contributed by atoms with Gasteiger partial charge in [-0.3, -0.25) is 14.8 Å². The van der Waals surface area contributed by atoms with Crippen LogP contribution in [-0.4, -0.2) is 14.7 Å². The number of aryl methyl sites for hydroxylation is 1. The Morgan fingerprint density at radius 1 is 1.60 bits per heavy atom. The van der Waals surface area contributed by atoms with Gasteiger partial charge in [0.2, 0.25) is 0 Å². The van der Waals surface area contributed by atoms with E-state index in [1.807, 2.05) is 0 Å². The lowest BCUT2D eigenvalue weighted by atomic mass is 10.2. The lowest BCUT2D eigenvalue weighted by Gasteiger charge is -2.07. The summed E-state index contributed by atoms with van der Waals surface area (Å²) in [5.41, 5.74) is 6.12. The molecule has 0 saturated carbocycles. The summed E-state index contributed by atoms with van der Waals surface area (Å²) in [5.74, 6) is -0.312. The molecule has 0 atom stereocenters. The zero-order chi connectivity index (χ0) is 14.9. The molecule has 2 rings (SSSR count). The van der Waals surface area contributed by atoms with Gasteiger partial charge < -0.3 is 11.1 Å². The van der Waals surface area contributed by atoms with Crippen molar-refractivity contribution >= 4 is 28.8 Å². The van der Waals surface area contributed by atoms with Gasteiger partial charge in [0.15, 0.2) is 0 Å². The SMILES string of the molecule is Cn1ncc(CNc2cc(F)c(Cl)cc2[N+](=O)[O-])c1N. The molecule has 0 amide bonds. The fourth-order valence-electron chi connectivity index (χ4n) is 1.65. The number of hydrogen-bond acceptors (Lipinski definition) is 5. The molecule has 1 aromatic carbocycles. The van der Waals surface area contributed by atoms with Gasteiger partial charge >= 0.3 is 0 Å². The Morgan fingerprint density at radius 3 is 2.85 bits per heavy atom. The van der Waals surface area contributed by atoms with Crippen molar-refractivity contribution in [2.45, 2.75) is 6.54 Å². The second kappa shape index (κ2) is 5.33. The summed E-state index contributed by atoms with van der Waals surface area (Å²) in [7, 11) is 1.67. The van der Waals surface area contributed by atoms with Crippen molar-refractivity contribution in [1.82, 2.24) is 9.78 Å². The number of hydrogen-bond donors (Lipinski definition) is 2. The van der Waals surface area contributed by atoms with Crippen LogP contribution in [0.15, 0.2) is 18.3 Å². The van der Waals surface area contributed by atoms with Gasteiger partial charge in [-0.15, -0.1) is 0 Å². The first-order chi connectivity index (χ1) is 9.40. The van der Waals surface area contributed by atoms with Crippen molar-refractivity contribution in [2.24, 2.45) is 7.05 Å². The molecule has 0 aliphatic carbocycles. The maximum Gasteiger partial charge on any atom is 0.294 e. The molecule has 0 fully saturated rings. The van der Waals surface area contributed by atoms with Gasteiger partial charge in [-0.25, -0.2) is 4.39 Å². The monoisotopic (exact) mass is 299 g/mol. The molecule has 0 unspecified atom stereocenters. The van der Waals surface area contributed by atoms with E-state index in [-0.39, 0.29) is 22.9 Å². The fraction of sp³-hybridized carbons (Fsp3) is 0.182. The number of halogens is 2. The molecule has 0 radical (unpaired) electrons. The normalized spacial score (nSPS) is 10.6. The summed E-state index contributed by atoms with van der Waals surface area (Å²) in [4.78, 5) is 10.3. The smallest absolute Gasteiger partial charge is 0.294 e. The minimum atomic E-state index is -0.737. The minimum Gasteiger partial charge on any atom is -0.384 e. The van der Waals surface area contributed by atoms with Gasteiger partial charge in [-0.1, -0.05) is 11.6 Å². The van der Waals surface area contributed by atoms with E-state index in [1.165, 1.54) is 10.9 Å². The molecule has 0 saturated heterocycles. The molecule has 2 aromatic rings. The second-order valence-corrected chi connectivity index (χ2v) is 4.48. The number of nitrogens with one attached hydrogen (secondary N) is 1. The number of nitrogens with zero attached hydrogens (tertiary/aromatic N) is 3. The molecular formula is C11H11ClFN5O2. The van der Waals surface area contributed by atoms with Gasteiger partial charge in [-0.2, -0.15) is 5.10 Å². The van der Waals surface area contributed by atoms with Gasteiger partial charge in [0.25, 0.3) is 5.69 Å². The summed E-state index contributed by atoms with van der Waals surface area (Å²) < 4.78 is 14.9. The Labute approximate surface area is 118 Å². The Hall–Kier alpha value is -2.35. The standard InChI is InChI=1S/C11H11ClFN5O2/c1-17-11(14)6(5-16-17)4-15-9-3-8(13)7(12)2-10(9)18(19)20/h2-3,5,15H,4,14H2,1H3. The first-order valence-electron chi connectivity index (χ1n) is 5.53. The zero-order valence-electron chi connectivity index (χ0n) is 10.4. The number of rotatable bonds is 4. The summed E-state index contributed by atoms with van der Waals surface area (Å²) in [5, 5.41) is 17.3. The van der Waals surface area contributed by atoms with E-state index >= 15 is 0 Å². The van der Waals surface area contributed by atoms with E-state index < -0.39 is 10.7 Å². The summed E-state index contributed by atoms with van der Waals surface area (Å²) in [6, 6.07) is 1.94. The number of anilines is 2. The van der Waals surface area contributed by atoms with E-state index in [1.54, 1.807) is 7.05 Å². The molecule has 0 aliphatic rings. The number of nitrogen functional groups attached to an aromatic ring is 1. The largest absolute Gasteiger partial charge is 0.384 e. The number of benzene rings is 1. The predicted molar refractivity (Wildman–Crippen MR) is 73.0 cm³/mol. The van der Waals surface area contributed by atoms with Crippen LogP contribution >= 0.6 is 11.6 Å². The van der Waals surface area contributed by atoms with Gasteiger partial charge in [0.1, 0.15) is 17.3 Å². The maximum absolute atomic E-state index is 13.4. The highest BCUT2D eigenvalue weighted by molar-refractivity contribution is 6.31. The van der Waals surface area contributed by atoms with Gasteiger partial charge in [0.05, 0.1) is 16.1 Å². The van der Waals surface area contributed by atoms with Gasteiger partial charge in [0, 0.05) is 31.3 Å². The molecule has 0 bridgehead atoms. The van der Waals surface area contributed by atoms with Crippen LogP contribution in [-0.2, 0) is 13.6 Å². The van der Waals surface area contributed by atoms with E-state index in [0.717, 1.165) is 12.1 Å². The molecule has 106 valence electrons. The van der Waals surface area contributed by atoms with Crippen molar-refractivity contribution in [3.63, 3.8) is 0 Å². The molecule has 3 N–H and O–H groups in total. The second-order valence-electron chi connectivity index (χ2n) is 4.07. The summed E-state index contributed by atoms with van der Waals surface area (Å²) >= 11 is 5.54. The lowest BCUT2D eigenvalue weighted by Crippen LogP contribution is -2.06. The summed E-state index contributed by atoms with van der Waals surface area (Å²) in [6.45, 7) is 0.182. The Kier molecular flexibility index (Phi) is 3.75. The Bertz CT molecular complexity index is 673. The van der Waals surface area contributed by atoms with E-state index in [2.05, 4.69) is 10.4 Å². The molecule has 0 spiro atoms. The average molecular weight is 300 g/mol. The van der Waals surface area contributed by atoms with Crippen LogP contribution < -0.4 is 11.1 Å². The minimum absolute atomic E-state index is 0.0279. The van der Waals surface area contributed by atoms with Crippen LogP contribution in [0.3, 0.4) is 0 Å². The average Bonchev–Trinajstić information content (AvgIpc) is 2.71. The van der Waals surface area contributed by atoms with E-state index in [0.29, 0.717) is 11.4 Å². The predicted octanol–water partition coefficient (Wildman–Crippen LogP) is 2.32. The van der Waals surface area contributed by atoms with Crippen LogP contribution in [0.1, 0.15) is 5.56 Å². The molecule has 9 heteroatoms. The van der Waals surface area contributed by atoms with Crippen LogP contribution in [0.4, 0.5) is 21.6 Å². The zero-order valence-corrected chi connectivity index (χ0v) is 11.2. The van der Waals surface area contributed by atoms with Crippen molar-refractivity contribution in [2.75, 3.05) is 11.1 Å². The molecule has 1 heterocycles. The topological polar surface area (TPSA) is 99.0 Å². The highest BCUT2D eigenvalue weighted by Crippen LogP contribution is 2.30. The fourth-order valence-corrected chi connectivity index (χ4v) is 1.81. The van der Waals surface area contributed by atoms with Crippen molar-refractivity contribution in [1.29, 1.82) is 0 Å². The third-order valence-electron chi connectivity index (χ3n) is 2.77. The summed E-state index contributed by atoms with van der Waals surface area (Å²) in [6.07, 6.45) is 1.53. The highest BCUT2D eigenvalue weighted by atomic mass is 35.5. The highest BCUT2D eigenvalue weighted by Gasteiger charge is 2.18. The maximum atomic E-state index is 13.4. The van der Waals surface area contributed by atoms with Crippen LogP contribution in [0, 0.1) is 15.9 Å². The Morgan fingerprint density at radius 2 is 2.30 bits per heavy atom. The van der Waals surface area contributed by atoms with E-state index in [4.69, 9.17) is 17.3 Å². The molecular weight excluding hydrogens is 289 g/mol. The third-order valence-corrected chi connectivity index (χ3v) is 3.06. The van der Waals surface area contributed by atoms with Crippen LogP contribution in [0.2, 0.25) is 5.02 Å². The molecule has 1 aromatic heterocycles. The number of nitro groups is 1. The third kappa shape index (κ3) is 2.64. The first kappa shape index (κ1) is 14.1. The van der Waals surface area contributed by atoms with E-state index in [9.17, 15) is 14.5 Å². The van der Waals surface area contributed by atoms with Crippen LogP contribution in [0.25, 0.3) is 0 Å².